The first-order chi connectivity index (χ1) is 4.86. The Morgan fingerprint density at radius 3 is 3.60 bits per heavy atom. The van der Waals surface area contributed by atoms with Crippen LogP contribution in [0.25, 0.3) is 0 Å². The van der Waals surface area contributed by atoms with Gasteiger partial charge in [-0.1, -0.05) is 0 Å². The summed E-state index contributed by atoms with van der Waals surface area (Å²) in [6.45, 7) is 0.414. The van der Waals surface area contributed by atoms with Crippen molar-refractivity contribution >= 4 is 0 Å². The summed E-state index contributed by atoms with van der Waals surface area (Å²) in [7, 11) is 0. The van der Waals surface area contributed by atoms with Crippen LogP contribution in [0, 0.1) is 6.07 Å². The molecular weight excluding hydrogens is 132 g/mol. The van der Waals surface area contributed by atoms with Crippen molar-refractivity contribution in [3.05, 3.63) is 28.6 Å². The van der Waals surface area contributed by atoms with Crippen molar-refractivity contribution in [3.8, 4) is 5.88 Å². The van der Waals surface area contributed by atoms with E-state index in [0.29, 0.717) is 12.6 Å². The van der Waals surface area contributed by atoms with Gasteiger partial charge in [0.2, 0.25) is 5.88 Å². The van der Waals surface area contributed by atoms with Gasteiger partial charge in [-0.3, -0.25) is 10.2 Å². The predicted octanol–water partition coefficient (Wildman–Crippen LogP) is -0.458. The van der Waals surface area contributed by atoms with Crippen LogP contribution < -0.4 is 15.6 Å². The van der Waals surface area contributed by atoms with Crippen molar-refractivity contribution in [2.45, 2.75) is 0 Å². The van der Waals surface area contributed by atoms with Gasteiger partial charge in [0.05, 0.1) is 6.07 Å². The molecule has 0 bridgehead atoms. The van der Waals surface area contributed by atoms with E-state index in [1.807, 2.05) is 0 Å². The molecule has 1 radical (unpaired) electrons. The fourth-order valence-electron chi connectivity index (χ4n) is 0.826. The Labute approximate surface area is 57.0 Å². The van der Waals surface area contributed by atoms with Crippen LogP contribution in [0.2, 0.25) is 0 Å². The van der Waals surface area contributed by atoms with Crippen LogP contribution in [0.5, 0.6) is 5.88 Å². The number of rotatable bonds is 0. The molecule has 1 aromatic rings. The molecule has 2 heterocycles. The van der Waals surface area contributed by atoms with Gasteiger partial charge in [0.25, 0.3) is 0 Å². The lowest BCUT2D eigenvalue weighted by Crippen LogP contribution is -2.09. The third-order valence-electron chi connectivity index (χ3n) is 1.28. The summed E-state index contributed by atoms with van der Waals surface area (Å²) in [6, 6.07) is 3.89. The molecule has 0 aliphatic carbocycles. The summed E-state index contributed by atoms with van der Waals surface area (Å²) in [5.41, 5.74) is 2.69. The van der Waals surface area contributed by atoms with Gasteiger partial charge in [0.15, 0.2) is 12.2 Å². The van der Waals surface area contributed by atoms with E-state index in [1.54, 1.807) is 4.68 Å². The summed E-state index contributed by atoms with van der Waals surface area (Å²) in [5, 5.41) is 0. The molecule has 0 fully saturated rings. The highest BCUT2D eigenvalue weighted by Crippen LogP contribution is 2.08. The van der Waals surface area contributed by atoms with Crippen molar-refractivity contribution in [3.63, 3.8) is 0 Å². The van der Waals surface area contributed by atoms with Crippen LogP contribution >= 0.6 is 0 Å². The minimum atomic E-state index is -0.157. The van der Waals surface area contributed by atoms with Gasteiger partial charge in [-0.05, 0) is 0 Å². The molecule has 0 atom stereocenters. The Morgan fingerprint density at radius 2 is 2.70 bits per heavy atom. The molecular formula is C6H5N2O2. The Hall–Kier alpha value is -1.45. The number of fused-ring (bicyclic) bond motifs is 1. The van der Waals surface area contributed by atoms with Crippen LogP contribution in [-0.4, -0.2) is 11.4 Å². The zero-order valence-electron chi connectivity index (χ0n) is 5.13. The molecule has 51 valence electrons. The molecule has 0 amide bonds. The molecule has 0 saturated heterocycles. The van der Waals surface area contributed by atoms with Crippen LogP contribution in [0.3, 0.4) is 0 Å². The third-order valence-corrected chi connectivity index (χ3v) is 1.28. The molecule has 0 saturated carbocycles. The Kier molecular flexibility index (Phi) is 0.943. The summed E-state index contributed by atoms with van der Waals surface area (Å²) < 4.78 is 6.62. The molecule has 0 spiro atoms. The van der Waals surface area contributed by atoms with Gasteiger partial charge >= 0.3 is 0 Å². The van der Waals surface area contributed by atoms with E-state index in [4.69, 9.17) is 4.74 Å². The third kappa shape index (κ3) is 0.655. The second kappa shape index (κ2) is 1.76. The van der Waals surface area contributed by atoms with Crippen molar-refractivity contribution in [1.82, 2.24) is 4.68 Å². The van der Waals surface area contributed by atoms with E-state index in [2.05, 4.69) is 11.5 Å². The summed E-state index contributed by atoms with van der Waals surface area (Å²) in [5.74, 6) is 0.545. The first-order valence-electron chi connectivity index (χ1n) is 2.87. The normalized spacial score (nSPS) is 13.6. The number of ether oxygens (including phenoxy) is 1. The summed E-state index contributed by atoms with van der Waals surface area (Å²) in [6.07, 6.45) is 1.52. The second-order valence-electron chi connectivity index (χ2n) is 1.94. The van der Waals surface area contributed by atoms with E-state index in [0.717, 1.165) is 0 Å². The largest absolute Gasteiger partial charge is 0.455 e. The standard InChI is InChI=1S/C6H5N2O2/c9-5-1-2-8-6(3-5)10-4-7-8/h2-3,7H,4H2. The summed E-state index contributed by atoms with van der Waals surface area (Å²) >= 11 is 0. The maximum atomic E-state index is 10.7. The van der Waals surface area contributed by atoms with Gasteiger partial charge in [-0.15, -0.1) is 0 Å². The Morgan fingerprint density at radius 1 is 1.80 bits per heavy atom. The lowest BCUT2D eigenvalue weighted by molar-refractivity contribution is 0.370. The fourth-order valence-corrected chi connectivity index (χ4v) is 0.826. The zero-order valence-corrected chi connectivity index (χ0v) is 5.13. The lowest BCUT2D eigenvalue weighted by Gasteiger charge is -1.96. The quantitative estimate of drug-likeness (QED) is 0.526. The Balaban J connectivity index is 2.63. The van der Waals surface area contributed by atoms with E-state index in [-0.39, 0.29) is 5.43 Å². The van der Waals surface area contributed by atoms with Gasteiger partial charge in [0, 0.05) is 12.3 Å². The predicted molar refractivity (Wildman–Crippen MR) is 34.4 cm³/mol. The van der Waals surface area contributed by atoms with Gasteiger partial charge in [-0.2, -0.15) is 0 Å². The number of pyridine rings is 1. The number of nitrogens with one attached hydrogen (secondary N) is 1. The minimum Gasteiger partial charge on any atom is -0.455 e. The van der Waals surface area contributed by atoms with Gasteiger partial charge in [-0.25, -0.2) is 4.68 Å². The second-order valence-corrected chi connectivity index (χ2v) is 1.94. The van der Waals surface area contributed by atoms with E-state index < -0.39 is 0 Å². The number of hydrogen-bond acceptors (Lipinski definition) is 3. The van der Waals surface area contributed by atoms with Gasteiger partial charge < -0.3 is 4.74 Å². The number of nitrogens with zero attached hydrogens (tertiary/aromatic N) is 1. The van der Waals surface area contributed by atoms with E-state index in [1.165, 1.54) is 12.3 Å². The van der Waals surface area contributed by atoms with Gasteiger partial charge in [0.1, 0.15) is 0 Å². The maximum absolute atomic E-state index is 10.7. The van der Waals surface area contributed by atoms with Crippen molar-refractivity contribution < 1.29 is 4.74 Å². The van der Waals surface area contributed by atoms with Crippen molar-refractivity contribution in [1.29, 1.82) is 0 Å². The molecule has 4 nitrogen and oxygen atoms in total. The molecule has 1 N–H and O–H groups in total. The molecule has 0 aromatic carbocycles. The lowest BCUT2D eigenvalue weighted by atomic mass is 10.5. The number of aromatic nitrogens is 1. The smallest absolute Gasteiger partial charge is 0.218 e. The number of hydrogen-bond donors (Lipinski definition) is 1. The fraction of sp³-hybridized carbons (Fsp3) is 0.167. The minimum absolute atomic E-state index is 0.157. The highest BCUT2D eigenvalue weighted by molar-refractivity contribution is 5.16. The van der Waals surface area contributed by atoms with E-state index in [9.17, 15) is 4.79 Å². The van der Waals surface area contributed by atoms with Crippen molar-refractivity contribution in [2.75, 3.05) is 12.2 Å². The first kappa shape index (κ1) is 5.34. The zero-order chi connectivity index (χ0) is 6.97. The Bertz CT molecular complexity index is 305. The highest BCUT2D eigenvalue weighted by atomic mass is 16.5. The monoisotopic (exact) mass is 137 g/mol. The van der Waals surface area contributed by atoms with Crippen LogP contribution in [0.15, 0.2) is 17.1 Å². The molecule has 4 heteroatoms. The molecule has 1 aliphatic heterocycles. The van der Waals surface area contributed by atoms with Crippen LogP contribution in [0.1, 0.15) is 0 Å². The average Bonchev–Trinajstić information content (AvgIpc) is 2.33. The molecule has 2 rings (SSSR count). The molecule has 10 heavy (non-hydrogen) atoms. The topological polar surface area (TPSA) is 43.3 Å². The van der Waals surface area contributed by atoms with E-state index >= 15 is 0 Å². The average molecular weight is 137 g/mol. The summed E-state index contributed by atoms with van der Waals surface area (Å²) in [4.78, 5) is 10.7. The molecule has 1 aliphatic rings. The SMILES string of the molecule is O=c1[c]cn2c(c1)OCN2. The van der Waals surface area contributed by atoms with Crippen LogP contribution in [0.4, 0.5) is 0 Å². The first-order valence-corrected chi connectivity index (χ1v) is 2.87. The molecule has 0 unspecified atom stereocenters. The van der Waals surface area contributed by atoms with Crippen LogP contribution in [-0.2, 0) is 0 Å². The maximum Gasteiger partial charge on any atom is 0.218 e. The van der Waals surface area contributed by atoms with Crippen molar-refractivity contribution in [2.24, 2.45) is 0 Å². The molecule has 1 aromatic heterocycles. The highest BCUT2D eigenvalue weighted by Gasteiger charge is 2.06.